The van der Waals surface area contributed by atoms with E-state index in [1.165, 1.54) is 19.3 Å². The molecule has 0 aromatic heterocycles. The molecule has 2 aliphatic heterocycles. The Morgan fingerprint density at radius 3 is 2.43 bits per heavy atom. The number of imide groups is 1. The first-order valence-electron chi connectivity index (χ1n) is 8.00. The second kappa shape index (κ2) is 4.45. The summed E-state index contributed by atoms with van der Waals surface area (Å²) in [5, 5.41) is 5.04. The maximum absolute atomic E-state index is 12.7. The Labute approximate surface area is 123 Å². The van der Waals surface area contributed by atoms with E-state index in [2.05, 4.69) is 10.6 Å². The standard InChI is InChI=1S/C15H21N3O3/c19-12(11-8-9-1-2-10(11)7-9)18-5-3-15(4-6-18)13(20)16-14(21)17-15/h9-11H,1-8H2,(H2,16,17,20,21)/t9-,10+,11-/m0/s1. The zero-order chi connectivity index (χ0) is 14.6. The minimum absolute atomic E-state index is 0.213. The van der Waals surface area contributed by atoms with Crippen molar-refractivity contribution in [1.29, 1.82) is 0 Å². The molecule has 1 spiro atoms. The van der Waals surface area contributed by atoms with Gasteiger partial charge in [0.05, 0.1) is 0 Å². The van der Waals surface area contributed by atoms with Crippen LogP contribution in [0.5, 0.6) is 0 Å². The van der Waals surface area contributed by atoms with Crippen LogP contribution in [-0.2, 0) is 9.59 Å². The Hall–Kier alpha value is -1.59. The summed E-state index contributed by atoms with van der Waals surface area (Å²) in [7, 11) is 0. The van der Waals surface area contributed by atoms with E-state index in [4.69, 9.17) is 0 Å². The maximum atomic E-state index is 12.7. The summed E-state index contributed by atoms with van der Waals surface area (Å²) in [6, 6.07) is -0.409. The minimum Gasteiger partial charge on any atom is -0.342 e. The number of nitrogens with zero attached hydrogens (tertiary/aromatic N) is 1. The molecule has 0 unspecified atom stereocenters. The van der Waals surface area contributed by atoms with E-state index in [1.54, 1.807) is 0 Å². The summed E-state index contributed by atoms with van der Waals surface area (Å²) in [5.41, 5.74) is -0.775. The molecule has 4 rings (SSSR count). The summed E-state index contributed by atoms with van der Waals surface area (Å²) in [4.78, 5) is 37.8. The van der Waals surface area contributed by atoms with E-state index in [1.807, 2.05) is 4.90 Å². The van der Waals surface area contributed by atoms with E-state index in [0.717, 1.165) is 12.3 Å². The molecular formula is C15H21N3O3. The number of nitrogens with one attached hydrogen (secondary N) is 2. The highest BCUT2D eigenvalue weighted by Crippen LogP contribution is 2.49. The Morgan fingerprint density at radius 1 is 1.14 bits per heavy atom. The Morgan fingerprint density at radius 2 is 1.90 bits per heavy atom. The number of amides is 4. The molecule has 2 N–H and O–H groups in total. The highest BCUT2D eigenvalue weighted by molar-refractivity contribution is 6.07. The van der Waals surface area contributed by atoms with Gasteiger partial charge in [-0.1, -0.05) is 6.42 Å². The lowest BCUT2D eigenvalue weighted by Crippen LogP contribution is -2.56. The summed E-state index contributed by atoms with van der Waals surface area (Å²) < 4.78 is 0. The minimum atomic E-state index is -0.775. The van der Waals surface area contributed by atoms with Gasteiger partial charge in [-0.05, 0) is 43.9 Å². The SMILES string of the molecule is O=C1NC(=O)C2(CCN(C(=O)[C@H]3C[C@H]4CC[C@@H]3C4)CC2)N1. The predicted molar refractivity (Wildman–Crippen MR) is 74.2 cm³/mol. The van der Waals surface area contributed by atoms with Crippen LogP contribution >= 0.6 is 0 Å². The van der Waals surface area contributed by atoms with Crippen molar-refractivity contribution in [3.05, 3.63) is 0 Å². The van der Waals surface area contributed by atoms with Crippen LogP contribution in [0, 0.1) is 17.8 Å². The quantitative estimate of drug-likeness (QED) is 0.695. The second-order valence-electron chi connectivity index (χ2n) is 7.10. The van der Waals surface area contributed by atoms with Crippen molar-refractivity contribution in [3.63, 3.8) is 0 Å². The molecule has 6 nitrogen and oxygen atoms in total. The third kappa shape index (κ3) is 1.95. The molecule has 2 saturated carbocycles. The van der Waals surface area contributed by atoms with Gasteiger partial charge in [0, 0.05) is 19.0 Å². The fraction of sp³-hybridized carbons (Fsp3) is 0.800. The Kier molecular flexibility index (Phi) is 2.78. The smallest absolute Gasteiger partial charge is 0.322 e. The molecule has 2 bridgehead atoms. The van der Waals surface area contributed by atoms with Crippen LogP contribution in [0.25, 0.3) is 0 Å². The lowest BCUT2D eigenvalue weighted by atomic mass is 9.84. The number of rotatable bonds is 1. The number of hydrogen-bond donors (Lipinski definition) is 2. The number of likely N-dealkylation sites (tertiary alicyclic amines) is 1. The molecule has 0 radical (unpaired) electrons. The average molecular weight is 291 g/mol. The lowest BCUT2D eigenvalue weighted by molar-refractivity contribution is -0.140. The molecule has 0 aromatic carbocycles. The molecule has 4 fully saturated rings. The van der Waals surface area contributed by atoms with Gasteiger partial charge in [-0.3, -0.25) is 14.9 Å². The number of hydrogen-bond acceptors (Lipinski definition) is 3. The third-order valence-corrected chi connectivity index (χ3v) is 6.00. The summed E-state index contributed by atoms with van der Waals surface area (Å²) >= 11 is 0. The summed E-state index contributed by atoms with van der Waals surface area (Å²) in [6.45, 7) is 1.14. The molecule has 4 aliphatic rings. The Balaban J connectivity index is 1.40. The van der Waals surface area contributed by atoms with E-state index in [0.29, 0.717) is 31.8 Å². The van der Waals surface area contributed by atoms with E-state index in [9.17, 15) is 14.4 Å². The Bertz CT molecular complexity index is 510. The van der Waals surface area contributed by atoms with Gasteiger partial charge in [-0.25, -0.2) is 4.79 Å². The molecular weight excluding hydrogens is 270 g/mol. The van der Waals surface area contributed by atoms with Gasteiger partial charge in [0.1, 0.15) is 5.54 Å². The zero-order valence-corrected chi connectivity index (χ0v) is 12.1. The molecule has 2 saturated heterocycles. The van der Waals surface area contributed by atoms with E-state index >= 15 is 0 Å². The third-order valence-electron chi connectivity index (χ3n) is 6.00. The van der Waals surface area contributed by atoms with E-state index < -0.39 is 11.6 Å². The molecule has 4 amide bonds. The number of urea groups is 1. The fourth-order valence-electron chi connectivity index (χ4n) is 4.77. The van der Waals surface area contributed by atoms with Crippen molar-refractivity contribution in [3.8, 4) is 0 Å². The van der Waals surface area contributed by atoms with Crippen molar-refractivity contribution >= 4 is 17.8 Å². The van der Waals surface area contributed by atoms with Crippen LogP contribution in [-0.4, -0.2) is 41.4 Å². The predicted octanol–water partition coefficient (Wildman–Crippen LogP) is 0.623. The first kappa shape index (κ1) is 13.1. The van der Waals surface area contributed by atoms with E-state index in [-0.39, 0.29) is 17.7 Å². The lowest BCUT2D eigenvalue weighted by Gasteiger charge is -2.39. The highest BCUT2D eigenvalue weighted by Gasteiger charge is 2.50. The van der Waals surface area contributed by atoms with Crippen LogP contribution in [0.15, 0.2) is 0 Å². The van der Waals surface area contributed by atoms with Gasteiger partial charge in [-0.15, -0.1) is 0 Å². The first-order chi connectivity index (χ1) is 10.1. The van der Waals surface area contributed by atoms with Gasteiger partial charge in [0.2, 0.25) is 5.91 Å². The fourth-order valence-corrected chi connectivity index (χ4v) is 4.77. The molecule has 2 aliphatic carbocycles. The van der Waals surface area contributed by atoms with Gasteiger partial charge < -0.3 is 10.2 Å². The van der Waals surface area contributed by atoms with Crippen molar-refractivity contribution in [2.75, 3.05) is 13.1 Å². The molecule has 114 valence electrons. The maximum Gasteiger partial charge on any atom is 0.322 e. The van der Waals surface area contributed by atoms with Gasteiger partial charge >= 0.3 is 6.03 Å². The highest BCUT2D eigenvalue weighted by atomic mass is 16.2. The number of carbonyl (C=O) groups excluding carboxylic acids is 3. The van der Waals surface area contributed by atoms with Gasteiger partial charge in [0.15, 0.2) is 0 Å². The normalized spacial score (nSPS) is 37.0. The van der Waals surface area contributed by atoms with Crippen molar-refractivity contribution in [1.82, 2.24) is 15.5 Å². The topological polar surface area (TPSA) is 78.5 Å². The van der Waals surface area contributed by atoms with Crippen LogP contribution in [0.4, 0.5) is 4.79 Å². The largest absolute Gasteiger partial charge is 0.342 e. The first-order valence-corrected chi connectivity index (χ1v) is 8.00. The number of fused-ring (bicyclic) bond motifs is 2. The van der Waals surface area contributed by atoms with Crippen LogP contribution in [0.2, 0.25) is 0 Å². The molecule has 21 heavy (non-hydrogen) atoms. The van der Waals surface area contributed by atoms with Crippen molar-refractivity contribution in [2.24, 2.45) is 17.8 Å². The zero-order valence-electron chi connectivity index (χ0n) is 12.1. The van der Waals surface area contributed by atoms with Crippen molar-refractivity contribution < 1.29 is 14.4 Å². The monoisotopic (exact) mass is 291 g/mol. The number of piperidine rings is 1. The summed E-state index contributed by atoms with van der Waals surface area (Å²) in [6.07, 6.45) is 5.84. The molecule has 0 aromatic rings. The molecule has 2 heterocycles. The van der Waals surface area contributed by atoms with Crippen LogP contribution in [0.1, 0.15) is 38.5 Å². The van der Waals surface area contributed by atoms with Crippen molar-refractivity contribution in [2.45, 2.75) is 44.1 Å². The summed E-state index contributed by atoms with van der Waals surface area (Å²) in [5.74, 6) is 1.61. The molecule has 3 atom stereocenters. The van der Waals surface area contributed by atoms with Crippen LogP contribution < -0.4 is 10.6 Å². The van der Waals surface area contributed by atoms with Gasteiger partial charge in [-0.2, -0.15) is 0 Å². The van der Waals surface area contributed by atoms with Crippen LogP contribution in [0.3, 0.4) is 0 Å². The second-order valence-corrected chi connectivity index (χ2v) is 7.10. The number of carbonyl (C=O) groups is 3. The average Bonchev–Trinajstić information content (AvgIpc) is 3.15. The van der Waals surface area contributed by atoms with Gasteiger partial charge in [0.25, 0.3) is 5.91 Å². The molecule has 6 heteroatoms.